The molecular formula is C20H24FN3O3. The molecule has 0 spiro atoms. The molecule has 0 amide bonds. The van der Waals surface area contributed by atoms with Crippen molar-refractivity contribution in [3.63, 3.8) is 0 Å². The SMILES string of the molecule is CN=C(NCC(C)Oc1ccccc1F)NCC1COc2ccccc2O1. The first-order chi connectivity index (χ1) is 13.2. The van der Waals surface area contributed by atoms with E-state index in [-0.39, 0.29) is 23.8 Å². The topological polar surface area (TPSA) is 64.1 Å². The van der Waals surface area contributed by atoms with Crippen LogP contribution >= 0.6 is 0 Å². The van der Waals surface area contributed by atoms with E-state index in [2.05, 4.69) is 15.6 Å². The quantitative estimate of drug-likeness (QED) is 0.602. The maximum atomic E-state index is 13.6. The lowest BCUT2D eigenvalue weighted by molar-refractivity contribution is 0.0935. The van der Waals surface area contributed by atoms with Crippen molar-refractivity contribution < 1.29 is 18.6 Å². The first-order valence-electron chi connectivity index (χ1n) is 8.90. The number of hydrogen-bond donors (Lipinski definition) is 2. The zero-order chi connectivity index (χ0) is 19.1. The molecule has 27 heavy (non-hydrogen) atoms. The lowest BCUT2D eigenvalue weighted by atomic mass is 10.2. The summed E-state index contributed by atoms with van der Waals surface area (Å²) in [7, 11) is 1.69. The molecule has 144 valence electrons. The Morgan fingerprint density at radius 1 is 1.19 bits per heavy atom. The Kier molecular flexibility index (Phi) is 6.35. The first-order valence-corrected chi connectivity index (χ1v) is 8.90. The molecule has 0 radical (unpaired) electrons. The fourth-order valence-corrected chi connectivity index (χ4v) is 2.63. The van der Waals surface area contributed by atoms with Crippen LogP contribution in [0.15, 0.2) is 53.5 Å². The van der Waals surface area contributed by atoms with Crippen molar-refractivity contribution >= 4 is 5.96 Å². The van der Waals surface area contributed by atoms with Gasteiger partial charge in [0.25, 0.3) is 0 Å². The lowest BCUT2D eigenvalue weighted by Gasteiger charge is -2.27. The van der Waals surface area contributed by atoms with E-state index in [0.717, 1.165) is 11.5 Å². The van der Waals surface area contributed by atoms with E-state index in [4.69, 9.17) is 14.2 Å². The van der Waals surface area contributed by atoms with Crippen molar-refractivity contribution in [1.82, 2.24) is 10.6 Å². The molecule has 2 N–H and O–H groups in total. The third-order valence-corrected chi connectivity index (χ3v) is 4.01. The van der Waals surface area contributed by atoms with Gasteiger partial charge in [0, 0.05) is 7.05 Å². The summed E-state index contributed by atoms with van der Waals surface area (Å²) in [5.74, 6) is 1.98. The molecule has 0 fully saturated rings. The fourth-order valence-electron chi connectivity index (χ4n) is 2.63. The summed E-state index contributed by atoms with van der Waals surface area (Å²) in [5, 5.41) is 6.37. The molecule has 0 aliphatic carbocycles. The Labute approximate surface area is 158 Å². The first kappa shape index (κ1) is 18.8. The van der Waals surface area contributed by atoms with Gasteiger partial charge in [-0.1, -0.05) is 24.3 Å². The van der Waals surface area contributed by atoms with Gasteiger partial charge in [0.2, 0.25) is 0 Å². The van der Waals surface area contributed by atoms with Crippen molar-refractivity contribution in [3.05, 3.63) is 54.3 Å². The predicted molar refractivity (Wildman–Crippen MR) is 102 cm³/mol. The monoisotopic (exact) mass is 373 g/mol. The second-order valence-corrected chi connectivity index (χ2v) is 6.19. The maximum Gasteiger partial charge on any atom is 0.191 e. The normalized spacial score (nSPS) is 17.1. The minimum absolute atomic E-state index is 0.120. The van der Waals surface area contributed by atoms with E-state index in [9.17, 15) is 4.39 Å². The Bertz CT molecular complexity index is 785. The lowest BCUT2D eigenvalue weighted by Crippen LogP contribution is -2.47. The highest BCUT2D eigenvalue weighted by molar-refractivity contribution is 5.79. The van der Waals surface area contributed by atoms with Gasteiger partial charge < -0.3 is 24.8 Å². The number of aliphatic imine (C=N–C) groups is 1. The molecule has 2 atom stereocenters. The van der Waals surface area contributed by atoms with E-state index in [1.54, 1.807) is 25.2 Å². The number of guanidine groups is 1. The minimum atomic E-state index is -0.374. The number of nitrogens with one attached hydrogen (secondary N) is 2. The van der Waals surface area contributed by atoms with Crippen LogP contribution in [-0.4, -0.2) is 44.9 Å². The van der Waals surface area contributed by atoms with Crippen LogP contribution in [0.2, 0.25) is 0 Å². The van der Waals surface area contributed by atoms with E-state index >= 15 is 0 Å². The molecule has 0 saturated heterocycles. The number of para-hydroxylation sites is 3. The van der Waals surface area contributed by atoms with Crippen LogP contribution in [0.3, 0.4) is 0 Å². The van der Waals surface area contributed by atoms with E-state index in [0.29, 0.717) is 25.7 Å². The van der Waals surface area contributed by atoms with Gasteiger partial charge in [-0.2, -0.15) is 0 Å². The van der Waals surface area contributed by atoms with Crippen LogP contribution in [-0.2, 0) is 0 Å². The number of rotatable bonds is 6. The Hall–Kier alpha value is -2.96. The summed E-state index contributed by atoms with van der Waals surface area (Å²) >= 11 is 0. The van der Waals surface area contributed by atoms with E-state index in [1.807, 2.05) is 31.2 Å². The highest BCUT2D eigenvalue weighted by Crippen LogP contribution is 2.30. The zero-order valence-electron chi connectivity index (χ0n) is 15.4. The summed E-state index contributed by atoms with van der Waals surface area (Å²) < 4.78 is 30.9. The third kappa shape index (κ3) is 5.26. The molecule has 6 nitrogen and oxygen atoms in total. The summed E-state index contributed by atoms with van der Waals surface area (Å²) in [4.78, 5) is 4.18. The van der Waals surface area contributed by atoms with E-state index < -0.39 is 0 Å². The molecule has 2 aromatic rings. The van der Waals surface area contributed by atoms with Crippen molar-refractivity contribution in [2.75, 3.05) is 26.7 Å². The molecular weight excluding hydrogens is 349 g/mol. The highest BCUT2D eigenvalue weighted by Gasteiger charge is 2.20. The Morgan fingerprint density at radius 3 is 2.70 bits per heavy atom. The number of ether oxygens (including phenoxy) is 3. The van der Waals surface area contributed by atoms with Gasteiger partial charge in [-0.05, 0) is 31.2 Å². The number of benzene rings is 2. The van der Waals surface area contributed by atoms with Crippen LogP contribution in [0, 0.1) is 5.82 Å². The van der Waals surface area contributed by atoms with Gasteiger partial charge in [0.05, 0.1) is 13.1 Å². The van der Waals surface area contributed by atoms with Gasteiger partial charge in [0.1, 0.15) is 18.8 Å². The smallest absolute Gasteiger partial charge is 0.191 e. The van der Waals surface area contributed by atoms with Gasteiger partial charge in [0.15, 0.2) is 29.0 Å². The van der Waals surface area contributed by atoms with Gasteiger partial charge in [-0.3, -0.25) is 4.99 Å². The molecule has 0 aromatic heterocycles. The van der Waals surface area contributed by atoms with Crippen molar-refractivity contribution in [2.45, 2.75) is 19.1 Å². The largest absolute Gasteiger partial charge is 0.486 e. The second-order valence-electron chi connectivity index (χ2n) is 6.19. The minimum Gasteiger partial charge on any atom is -0.486 e. The molecule has 2 aromatic carbocycles. The molecule has 2 unspecified atom stereocenters. The summed E-state index contributed by atoms with van der Waals surface area (Å²) in [6, 6.07) is 14.0. The number of fused-ring (bicyclic) bond motifs is 1. The Balaban J connectivity index is 1.43. The number of halogens is 1. The average molecular weight is 373 g/mol. The zero-order valence-corrected chi connectivity index (χ0v) is 15.4. The van der Waals surface area contributed by atoms with E-state index in [1.165, 1.54) is 6.07 Å². The van der Waals surface area contributed by atoms with Crippen LogP contribution in [0.4, 0.5) is 4.39 Å². The molecule has 0 bridgehead atoms. The van der Waals surface area contributed by atoms with Crippen molar-refractivity contribution in [1.29, 1.82) is 0 Å². The highest BCUT2D eigenvalue weighted by atomic mass is 19.1. The summed E-state index contributed by atoms with van der Waals surface area (Å²) in [6.45, 7) is 3.34. The van der Waals surface area contributed by atoms with Crippen molar-refractivity contribution in [3.8, 4) is 17.2 Å². The molecule has 1 aliphatic rings. The predicted octanol–water partition coefficient (Wildman–Crippen LogP) is 2.60. The number of nitrogens with zero attached hydrogens (tertiary/aromatic N) is 1. The maximum absolute atomic E-state index is 13.6. The van der Waals surface area contributed by atoms with Crippen LogP contribution in [0.25, 0.3) is 0 Å². The van der Waals surface area contributed by atoms with Crippen molar-refractivity contribution in [2.24, 2.45) is 4.99 Å². The molecule has 1 heterocycles. The third-order valence-electron chi connectivity index (χ3n) is 4.01. The standard InChI is InChI=1S/C20H24FN3O3/c1-14(26-17-8-4-3-7-16(17)21)11-23-20(22-2)24-12-15-13-25-18-9-5-6-10-19(18)27-15/h3-10,14-15H,11-13H2,1-2H3,(H2,22,23,24). The Morgan fingerprint density at radius 2 is 1.93 bits per heavy atom. The molecule has 0 saturated carbocycles. The van der Waals surface area contributed by atoms with Gasteiger partial charge in [-0.25, -0.2) is 4.39 Å². The average Bonchev–Trinajstić information content (AvgIpc) is 2.69. The molecule has 1 aliphatic heterocycles. The second kappa shape index (κ2) is 9.12. The van der Waals surface area contributed by atoms with Crippen LogP contribution in [0.1, 0.15) is 6.92 Å². The fraction of sp³-hybridized carbons (Fsp3) is 0.350. The van der Waals surface area contributed by atoms with Gasteiger partial charge in [-0.15, -0.1) is 0 Å². The summed E-state index contributed by atoms with van der Waals surface area (Å²) in [5.41, 5.74) is 0. The number of hydrogen-bond acceptors (Lipinski definition) is 4. The van der Waals surface area contributed by atoms with Gasteiger partial charge >= 0.3 is 0 Å². The summed E-state index contributed by atoms with van der Waals surface area (Å²) in [6.07, 6.45) is -0.355. The molecule has 7 heteroatoms. The molecule has 3 rings (SSSR count). The van der Waals surface area contributed by atoms with Crippen LogP contribution < -0.4 is 24.8 Å². The van der Waals surface area contributed by atoms with Crippen LogP contribution in [0.5, 0.6) is 17.2 Å².